The van der Waals surface area contributed by atoms with Crippen molar-refractivity contribution in [2.75, 3.05) is 16.8 Å². The maximum absolute atomic E-state index is 11.9. The van der Waals surface area contributed by atoms with Gasteiger partial charge in [-0.1, -0.05) is 6.07 Å². The van der Waals surface area contributed by atoms with Crippen LogP contribution in [0.1, 0.15) is 12.8 Å². The number of benzene rings is 2. The third kappa shape index (κ3) is 2.83. The van der Waals surface area contributed by atoms with E-state index in [0.29, 0.717) is 35.2 Å². The minimum absolute atomic E-state index is 0.0155. The first-order valence-electron chi connectivity index (χ1n) is 8.33. The van der Waals surface area contributed by atoms with Crippen molar-refractivity contribution in [1.82, 2.24) is 4.98 Å². The SMILES string of the molecule is O=C1CCCN1c1cccc(Nc2ccc3ncccc3c2[N+](=O)[O-])c1. The quantitative estimate of drug-likeness (QED) is 0.568. The van der Waals surface area contributed by atoms with Crippen LogP contribution in [0.3, 0.4) is 0 Å². The lowest BCUT2D eigenvalue weighted by Gasteiger charge is -2.17. The van der Waals surface area contributed by atoms with Crippen LogP contribution < -0.4 is 10.2 Å². The van der Waals surface area contributed by atoms with Crippen LogP contribution in [0.15, 0.2) is 54.7 Å². The first-order valence-corrected chi connectivity index (χ1v) is 8.33. The summed E-state index contributed by atoms with van der Waals surface area (Å²) in [6.07, 6.45) is 3.01. The van der Waals surface area contributed by atoms with E-state index in [2.05, 4.69) is 10.3 Å². The molecule has 4 rings (SSSR count). The molecular formula is C19H16N4O3. The van der Waals surface area contributed by atoms with Crippen molar-refractivity contribution >= 4 is 39.6 Å². The van der Waals surface area contributed by atoms with Gasteiger partial charge in [-0.05, 0) is 48.9 Å². The predicted molar refractivity (Wildman–Crippen MR) is 99.7 cm³/mol. The summed E-state index contributed by atoms with van der Waals surface area (Å²) in [6.45, 7) is 0.698. The fraction of sp³-hybridized carbons (Fsp3) is 0.158. The van der Waals surface area contributed by atoms with Crippen molar-refractivity contribution < 1.29 is 9.72 Å². The highest BCUT2D eigenvalue weighted by atomic mass is 16.6. The minimum atomic E-state index is -0.403. The summed E-state index contributed by atoms with van der Waals surface area (Å²) in [4.78, 5) is 29.1. The molecule has 26 heavy (non-hydrogen) atoms. The summed E-state index contributed by atoms with van der Waals surface area (Å²) in [6, 6.07) is 14.1. The second-order valence-electron chi connectivity index (χ2n) is 6.11. The molecule has 0 aliphatic carbocycles. The fourth-order valence-electron chi connectivity index (χ4n) is 3.26. The first-order chi connectivity index (χ1) is 12.6. The monoisotopic (exact) mass is 348 g/mol. The molecule has 130 valence electrons. The zero-order valence-corrected chi connectivity index (χ0v) is 13.9. The summed E-state index contributed by atoms with van der Waals surface area (Å²) < 4.78 is 0. The van der Waals surface area contributed by atoms with Gasteiger partial charge < -0.3 is 10.2 Å². The summed E-state index contributed by atoms with van der Waals surface area (Å²) in [5, 5.41) is 15.2. The van der Waals surface area contributed by atoms with Gasteiger partial charge in [0.1, 0.15) is 5.69 Å². The maximum Gasteiger partial charge on any atom is 0.301 e. The summed E-state index contributed by atoms with van der Waals surface area (Å²) in [7, 11) is 0. The van der Waals surface area contributed by atoms with Crippen LogP contribution in [0.25, 0.3) is 10.9 Å². The number of carbonyl (C=O) groups is 1. The van der Waals surface area contributed by atoms with E-state index in [-0.39, 0.29) is 11.6 Å². The Morgan fingerprint density at radius 1 is 1.15 bits per heavy atom. The third-order valence-corrected chi connectivity index (χ3v) is 4.45. The number of nitrogens with one attached hydrogen (secondary N) is 1. The Morgan fingerprint density at radius 3 is 2.81 bits per heavy atom. The Morgan fingerprint density at radius 2 is 2.04 bits per heavy atom. The fourth-order valence-corrected chi connectivity index (χ4v) is 3.26. The van der Waals surface area contributed by atoms with Crippen molar-refractivity contribution in [2.45, 2.75) is 12.8 Å². The molecular weight excluding hydrogens is 332 g/mol. The number of rotatable bonds is 4. The highest BCUT2D eigenvalue weighted by molar-refractivity contribution is 5.97. The van der Waals surface area contributed by atoms with Gasteiger partial charge in [0.05, 0.1) is 15.8 Å². The molecule has 1 aliphatic rings. The van der Waals surface area contributed by atoms with E-state index in [1.807, 2.05) is 24.3 Å². The van der Waals surface area contributed by atoms with Gasteiger partial charge >= 0.3 is 5.69 Å². The topological polar surface area (TPSA) is 88.4 Å². The Bertz CT molecular complexity index is 1020. The molecule has 7 heteroatoms. The number of nitro benzene ring substituents is 1. The molecule has 1 saturated heterocycles. The maximum atomic E-state index is 11.9. The molecule has 0 bridgehead atoms. The van der Waals surface area contributed by atoms with Crippen LogP contribution in [0.2, 0.25) is 0 Å². The van der Waals surface area contributed by atoms with E-state index in [4.69, 9.17) is 0 Å². The molecule has 0 spiro atoms. The van der Waals surface area contributed by atoms with E-state index >= 15 is 0 Å². The number of hydrogen-bond acceptors (Lipinski definition) is 5. The molecule has 0 radical (unpaired) electrons. The second kappa shape index (κ2) is 6.44. The van der Waals surface area contributed by atoms with Gasteiger partial charge in [0.2, 0.25) is 5.91 Å². The molecule has 0 atom stereocenters. The molecule has 7 nitrogen and oxygen atoms in total. The molecule has 0 unspecified atom stereocenters. The number of nitrogens with zero attached hydrogens (tertiary/aromatic N) is 3. The Labute approximate surface area is 149 Å². The largest absolute Gasteiger partial charge is 0.350 e. The molecule has 3 aromatic rings. The first kappa shape index (κ1) is 16.0. The highest BCUT2D eigenvalue weighted by Crippen LogP contribution is 2.35. The van der Waals surface area contributed by atoms with E-state index in [1.165, 1.54) is 0 Å². The third-order valence-electron chi connectivity index (χ3n) is 4.45. The van der Waals surface area contributed by atoms with Crippen LogP contribution in [0.4, 0.5) is 22.7 Å². The molecule has 1 fully saturated rings. The molecule has 1 aliphatic heterocycles. The second-order valence-corrected chi connectivity index (χ2v) is 6.11. The summed E-state index contributed by atoms with van der Waals surface area (Å²) >= 11 is 0. The molecule has 1 aromatic heterocycles. The van der Waals surface area contributed by atoms with Crippen molar-refractivity contribution in [2.24, 2.45) is 0 Å². The van der Waals surface area contributed by atoms with E-state index in [1.54, 1.807) is 35.4 Å². The van der Waals surface area contributed by atoms with Gasteiger partial charge in [-0.15, -0.1) is 0 Å². The highest BCUT2D eigenvalue weighted by Gasteiger charge is 2.22. The number of nitro groups is 1. The van der Waals surface area contributed by atoms with E-state index in [0.717, 1.165) is 12.1 Å². The summed E-state index contributed by atoms with van der Waals surface area (Å²) in [5.74, 6) is 0.102. The van der Waals surface area contributed by atoms with E-state index in [9.17, 15) is 14.9 Å². The average molecular weight is 348 g/mol. The van der Waals surface area contributed by atoms with Crippen molar-refractivity contribution in [3.8, 4) is 0 Å². The van der Waals surface area contributed by atoms with Gasteiger partial charge in [0.25, 0.3) is 0 Å². The van der Waals surface area contributed by atoms with Gasteiger partial charge in [-0.25, -0.2) is 0 Å². The lowest BCUT2D eigenvalue weighted by atomic mass is 10.1. The number of pyridine rings is 1. The van der Waals surface area contributed by atoms with Crippen molar-refractivity contribution in [3.05, 3.63) is 64.8 Å². The number of hydrogen-bond donors (Lipinski definition) is 1. The number of amides is 1. The van der Waals surface area contributed by atoms with Gasteiger partial charge in [-0.2, -0.15) is 0 Å². The minimum Gasteiger partial charge on any atom is -0.350 e. The zero-order chi connectivity index (χ0) is 18.1. The number of carbonyl (C=O) groups excluding carboxylic acids is 1. The molecule has 1 amide bonds. The Hall–Kier alpha value is -3.48. The van der Waals surface area contributed by atoms with Gasteiger partial charge in [0.15, 0.2) is 0 Å². The number of aromatic nitrogens is 1. The average Bonchev–Trinajstić information content (AvgIpc) is 3.07. The molecule has 2 aromatic carbocycles. The van der Waals surface area contributed by atoms with Gasteiger partial charge in [0, 0.05) is 30.5 Å². The van der Waals surface area contributed by atoms with Crippen LogP contribution in [-0.2, 0) is 4.79 Å². The van der Waals surface area contributed by atoms with Gasteiger partial charge in [-0.3, -0.25) is 19.9 Å². The van der Waals surface area contributed by atoms with Crippen molar-refractivity contribution in [3.63, 3.8) is 0 Å². The van der Waals surface area contributed by atoms with Crippen LogP contribution >= 0.6 is 0 Å². The molecule has 1 N–H and O–H groups in total. The lowest BCUT2D eigenvalue weighted by molar-refractivity contribution is -0.382. The Balaban J connectivity index is 1.73. The lowest BCUT2D eigenvalue weighted by Crippen LogP contribution is -2.23. The van der Waals surface area contributed by atoms with Crippen LogP contribution in [-0.4, -0.2) is 22.4 Å². The summed E-state index contributed by atoms with van der Waals surface area (Å²) in [5.41, 5.74) is 2.43. The standard InChI is InChI=1S/C19H16N4O3/c24-18-7-3-11-22(18)14-5-1-4-13(12-14)21-17-9-8-16-15(6-2-10-20-16)19(17)23(25)26/h1-2,4-6,8-10,12,21H,3,7,11H2. The number of fused-ring (bicyclic) bond motifs is 1. The Kier molecular flexibility index (Phi) is 3.96. The zero-order valence-electron chi connectivity index (χ0n) is 13.9. The molecule has 0 saturated carbocycles. The smallest absolute Gasteiger partial charge is 0.301 e. The number of anilines is 3. The van der Waals surface area contributed by atoms with Crippen molar-refractivity contribution in [1.29, 1.82) is 0 Å². The van der Waals surface area contributed by atoms with Crippen LogP contribution in [0, 0.1) is 10.1 Å². The molecule has 2 heterocycles. The predicted octanol–water partition coefficient (Wildman–Crippen LogP) is 4.01. The van der Waals surface area contributed by atoms with Crippen LogP contribution in [0.5, 0.6) is 0 Å². The normalized spacial score (nSPS) is 14.0. The van der Waals surface area contributed by atoms with E-state index < -0.39 is 4.92 Å².